The molecular weight excluding hydrogens is 366 g/mol. The molecule has 1 aromatic carbocycles. The number of anilines is 1. The second kappa shape index (κ2) is 9.03. The highest BCUT2D eigenvalue weighted by atomic mass is 32.2. The zero-order chi connectivity index (χ0) is 19.3. The predicted octanol–water partition coefficient (Wildman–Crippen LogP) is 0.944. The maximum Gasteiger partial charge on any atom is 0.221 e. The summed E-state index contributed by atoms with van der Waals surface area (Å²) in [7, 11) is -3.16. The molecule has 2 heterocycles. The lowest BCUT2D eigenvalue weighted by Gasteiger charge is -2.34. The average Bonchev–Trinajstić information content (AvgIpc) is 2.69. The smallest absolute Gasteiger partial charge is 0.221 e. The number of amides is 1. The minimum absolute atomic E-state index is 0.0746. The van der Waals surface area contributed by atoms with Crippen molar-refractivity contribution in [1.29, 1.82) is 0 Å². The van der Waals surface area contributed by atoms with Crippen LogP contribution in [0.15, 0.2) is 29.2 Å². The van der Waals surface area contributed by atoms with Gasteiger partial charge in [0.2, 0.25) is 5.91 Å². The molecule has 0 spiro atoms. The Morgan fingerprint density at radius 1 is 1.26 bits per heavy atom. The minimum atomic E-state index is -3.16. The van der Waals surface area contributed by atoms with Crippen molar-refractivity contribution in [2.45, 2.75) is 43.2 Å². The van der Waals surface area contributed by atoms with Crippen molar-refractivity contribution >= 4 is 21.4 Å². The molecule has 2 fully saturated rings. The Morgan fingerprint density at radius 2 is 1.96 bits per heavy atom. The van der Waals surface area contributed by atoms with E-state index in [9.17, 15) is 13.2 Å². The minimum Gasteiger partial charge on any atom is -0.378 e. The molecule has 0 saturated carbocycles. The van der Waals surface area contributed by atoms with Crippen LogP contribution in [-0.2, 0) is 19.4 Å². The van der Waals surface area contributed by atoms with E-state index < -0.39 is 9.84 Å². The predicted molar refractivity (Wildman–Crippen MR) is 105 cm³/mol. The van der Waals surface area contributed by atoms with Crippen LogP contribution in [0.2, 0.25) is 0 Å². The molecule has 2 aliphatic rings. The molecule has 1 unspecified atom stereocenters. The molecular formula is C19H29N3O4S. The molecule has 150 valence electrons. The first-order chi connectivity index (χ1) is 13.0. The second-order valence-electron chi connectivity index (χ2n) is 7.16. The molecule has 0 bridgehead atoms. The SMILES string of the molecule is CCS(=O)(=O)c1ccc(N2CCC(NC(=O)CC3COCCN3)CC2)cc1. The molecule has 2 aliphatic heterocycles. The number of rotatable bonds is 6. The number of carbonyl (C=O) groups is 1. The van der Waals surface area contributed by atoms with Crippen molar-refractivity contribution < 1.29 is 17.9 Å². The van der Waals surface area contributed by atoms with Crippen LogP contribution in [-0.4, -0.2) is 65.0 Å². The molecule has 0 radical (unpaired) electrons. The molecule has 1 amide bonds. The van der Waals surface area contributed by atoms with Gasteiger partial charge in [-0.25, -0.2) is 8.42 Å². The van der Waals surface area contributed by atoms with E-state index in [0.717, 1.165) is 38.2 Å². The summed E-state index contributed by atoms with van der Waals surface area (Å²) < 4.78 is 29.2. The van der Waals surface area contributed by atoms with E-state index in [1.807, 2.05) is 12.1 Å². The quantitative estimate of drug-likeness (QED) is 0.746. The van der Waals surface area contributed by atoms with Crippen LogP contribution in [0.25, 0.3) is 0 Å². The Morgan fingerprint density at radius 3 is 2.56 bits per heavy atom. The lowest BCUT2D eigenvalue weighted by atomic mass is 10.0. The number of carbonyl (C=O) groups excluding carboxylic acids is 1. The molecule has 0 aromatic heterocycles. The van der Waals surface area contributed by atoms with Crippen molar-refractivity contribution in [2.24, 2.45) is 0 Å². The van der Waals surface area contributed by atoms with Crippen LogP contribution in [0.5, 0.6) is 0 Å². The number of hydrogen-bond acceptors (Lipinski definition) is 6. The Kier molecular flexibility index (Phi) is 6.73. The van der Waals surface area contributed by atoms with Crippen LogP contribution in [0.3, 0.4) is 0 Å². The number of nitrogens with zero attached hydrogens (tertiary/aromatic N) is 1. The summed E-state index contributed by atoms with van der Waals surface area (Å²) in [6, 6.07) is 7.41. The summed E-state index contributed by atoms with van der Waals surface area (Å²) in [5.74, 6) is 0.186. The number of ether oxygens (including phenoxy) is 1. The van der Waals surface area contributed by atoms with Gasteiger partial charge in [0.15, 0.2) is 9.84 Å². The third-order valence-electron chi connectivity index (χ3n) is 5.23. The van der Waals surface area contributed by atoms with Crippen LogP contribution < -0.4 is 15.5 Å². The molecule has 1 atom stereocenters. The molecule has 7 nitrogen and oxygen atoms in total. The van der Waals surface area contributed by atoms with Gasteiger partial charge in [0.25, 0.3) is 0 Å². The number of sulfone groups is 1. The zero-order valence-electron chi connectivity index (χ0n) is 15.8. The number of piperidine rings is 1. The third-order valence-corrected chi connectivity index (χ3v) is 6.98. The number of benzene rings is 1. The normalized spacial score (nSPS) is 21.8. The van der Waals surface area contributed by atoms with Gasteiger partial charge in [-0.2, -0.15) is 0 Å². The van der Waals surface area contributed by atoms with Crippen molar-refractivity contribution in [3.8, 4) is 0 Å². The van der Waals surface area contributed by atoms with Gasteiger partial charge in [-0.15, -0.1) is 0 Å². The Bertz CT molecular complexity index is 722. The fraction of sp³-hybridized carbons (Fsp3) is 0.632. The van der Waals surface area contributed by atoms with Crippen LogP contribution in [0.4, 0.5) is 5.69 Å². The maximum atomic E-state index is 12.2. The fourth-order valence-electron chi connectivity index (χ4n) is 3.57. The largest absolute Gasteiger partial charge is 0.378 e. The van der Waals surface area contributed by atoms with Gasteiger partial charge >= 0.3 is 0 Å². The van der Waals surface area contributed by atoms with E-state index in [1.54, 1.807) is 19.1 Å². The fourth-order valence-corrected chi connectivity index (χ4v) is 4.46. The molecule has 3 rings (SSSR count). The van der Waals surface area contributed by atoms with Crippen LogP contribution in [0.1, 0.15) is 26.2 Å². The molecule has 2 N–H and O–H groups in total. The van der Waals surface area contributed by atoms with Crippen molar-refractivity contribution in [3.63, 3.8) is 0 Å². The van der Waals surface area contributed by atoms with Gasteiger partial charge in [-0.3, -0.25) is 4.79 Å². The van der Waals surface area contributed by atoms with E-state index in [4.69, 9.17) is 4.74 Å². The Balaban J connectivity index is 1.46. The second-order valence-corrected chi connectivity index (χ2v) is 9.43. The van der Waals surface area contributed by atoms with Gasteiger partial charge < -0.3 is 20.3 Å². The average molecular weight is 396 g/mol. The van der Waals surface area contributed by atoms with E-state index in [-0.39, 0.29) is 23.7 Å². The summed E-state index contributed by atoms with van der Waals surface area (Å²) in [6.45, 7) is 5.44. The van der Waals surface area contributed by atoms with Crippen molar-refractivity contribution in [2.75, 3.05) is 43.5 Å². The Hall–Kier alpha value is -1.64. The van der Waals surface area contributed by atoms with E-state index in [1.165, 1.54) is 0 Å². The summed E-state index contributed by atoms with van der Waals surface area (Å²) in [4.78, 5) is 14.8. The lowest BCUT2D eigenvalue weighted by molar-refractivity contribution is -0.123. The highest BCUT2D eigenvalue weighted by molar-refractivity contribution is 7.91. The molecule has 2 saturated heterocycles. The zero-order valence-corrected chi connectivity index (χ0v) is 16.6. The van der Waals surface area contributed by atoms with Crippen LogP contribution in [0, 0.1) is 0 Å². The Labute approximate surface area is 161 Å². The lowest BCUT2D eigenvalue weighted by Crippen LogP contribution is -2.48. The first-order valence-electron chi connectivity index (χ1n) is 9.66. The molecule has 8 heteroatoms. The first-order valence-corrected chi connectivity index (χ1v) is 11.3. The topological polar surface area (TPSA) is 87.7 Å². The molecule has 27 heavy (non-hydrogen) atoms. The summed E-state index contributed by atoms with van der Waals surface area (Å²) in [6.07, 6.45) is 2.22. The number of morpholine rings is 1. The maximum absolute atomic E-state index is 12.2. The summed E-state index contributed by atoms with van der Waals surface area (Å²) >= 11 is 0. The van der Waals surface area contributed by atoms with Gasteiger partial charge in [-0.1, -0.05) is 6.92 Å². The number of hydrogen-bond donors (Lipinski definition) is 2. The van der Waals surface area contributed by atoms with E-state index in [2.05, 4.69) is 15.5 Å². The highest BCUT2D eigenvalue weighted by Gasteiger charge is 2.23. The van der Waals surface area contributed by atoms with Gasteiger partial charge in [0.05, 0.1) is 23.9 Å². The first kappa shape index (κ1) is 20.1. The van der Waals surface area contributed by atoms with E-state index in [0.29, 0.717) is 24.5 Å². The highest BCUT2D eigenvalue weighted by Crippen LogP contribution is 2.22. The standard InChI is InChI=1S/C19H29N3O4S/c1-2-27(24,25)18-5-3-17(4-6-18)22-10-7-15(8-11-22)21-19(23)13-16-14-26-12-9-20-16/h3-6,15-16,20H,2,7-14H2,1H3,(H,21,23). The van der Waals surface area contributed by atoms with Gasteiger partial charge in [0, 0.05) is 43.8 Å². The third kappa shape index (κ3) is 5.43. The van der Waals surface area contributed by atoms with Crippen LogP contribution >= 0.6 is 0 Å². The van der Waals surface area contributed by atoms with Crippen molar-refractivity contribution in [3.05, 3.63) is 24.3 Å². The molecule has 1 aromatic rings. The van der Waals surface area contributed by atoms with Gasteiger partial charge in [0.1, 0.15) is 0 Å². The van der Waals surface area contributed by atoms with Crippen molar-refractivity contribution in [1.82, 2.24) is 10.6 Å². The monoisotopic (exact) mass is 395 g/mol. The molecule has 0 aliphatic carbocycles. The summed E-state index contributed by atoms with van der Waals surface area (Å²) in [5.41, 5.74) is 1.03. The van der Waals surface area contributed by atoms with Gasteiger partial charge in [-0.05, 0) is 37.1 Å². The summed E-state index contributed by atoms with van der Waals surface area (Å²) in [5, 5.41) is 6.43. The number of nitrogens with one attached hydrogen (secondary N) is 2. The van der Waals surface area contributed by atoms with E-state index >= 15 is 0 Å².